The maximum Gasteiger partial charge on any atom is 0.350 e. The van der Waals surface area contributed by atoms with E-state index in [9.17, 15) is 9.59 Å². The van der Waals surface area contributed by atoms with Gasteiger partial charge in [-0.15, -0.1) is 21.5 Å². The van der Waals surface area contributed by atoms with Gasteiger partial charge in [-0.1, -0.05) is 18.7 Å². The summed E-state index contributed by atoms with van der Waals surface area (Å²) in [6.45, 7) is 4.30. The fourth-order valence-electron chi connectivity index (χ4n) is 3.42. The van der Waals surface area contributed by atoms with Gasteiger partial charge in [0, 0.05) is 19.1 Å². The van der Waals surface area contributed by atoms with Crippen LogP contribution in [0.2, 0.25) is 0 Å². The molecule has 1 N–H and O–H groups in total. The lowest BCUT2D eigenvalue weighted by molar-refractivity contribution is -0.113. The van der Waals surface area contributed by atoms with Crippen LogP contribution in [-0.4, -0.2) is 52.6 Å². The number of methoxy groups -OCH3 is 1. The van der Waals surface area contributed by atoms with E-state index in [1.165, 1.54) is 43.1 Å². The number of aromatic nitrogens is 3. The summed E-state index contributed by atoms with van der Waals surface area (Å²) in [5.74, 6) is 1.27. The Balaban J connectivity index is 1.40. The molecule has 0 atom stereocenters. The standard InChI is InChI=1S/C19H25N5O3S2/c1-12-5-8-23(9-6-12)18-21-22-19(24(18)13-3-4-13)29-11-15(25)20-14-7-10-28-16(14)17(26)27-2/h7,10,12-13H,3-6,8-9,11H2,1-2H3,(H,20,25). The number of nitrogens with zero attached hydrogens (tertiary/aromatic N) is 4. The SMILES string of the molecule is COC(=O)c1sccc1NC(=O)CSc1nnc(N2CCC(C)CC2)n1C1CC1. The Morgan fingerprint density at radius 3 is 2.72 bits per heavy atom. The number of hydrogen-bond donors (Lipinski definition) is 1. The lowest BCUT2D eigenvalue weighted by atomic mass is 10.00. The number of piperidine rings is 1. The molecule has 4 rings (SSSR count). The van der Waals surface area contributed by atoms with Crippen LogP contribution < -0.4 is 10.2 Å². The average molecular weight is 436 g/mol. The van der Waals surface area contributed by atoms with Gasteiger partial charge in [0.15, 0.2) is 5.16 Å². The molecule has 1 saturated carbocycles. The molecule has 0 radical (unpaired) electrons. The number of carbonyl (C=O) groups excluding carboxylic acids is 2. The number of esters is 1. The quantitative estimate of drug-likeness (QED) is 0.526. The zero-order chi connectivity index (χ0) is 20.4. The normalized spacial score (nSPS) is 17.4. The lowest BCUT2D eigenvalue weighted by Crippen LogP contribution is -2.34. The Labute approximate surface area is 178 Å². The number of carbonyl (C=O) groups is 2. The van der Waals surface area contributed by atoms with Gasteiger partial charge < -0.3 is 15.0 Å². The summed E-state index contributed by atoms with van der Waals surface area (Å²) >= 11 is 2.63. The van der Waals surface area contributed by atoms with Gasteiger partial charge in [0.1, 0.15) is 4.88 Å². The van der Waals surface area contributed by atoms with E-state index < -0.39 is 5.97 Å². The van der Waals surface area contributed by atoms with Crippen LogP contribution in [0.5, 0.6) is 0 Å². The minimum absolute atomic E-state index is 0.183. The van der Waals surface area contributed by atoms with Gasteiger partial charge in [-0.05, 0) is 43.0 Å². The number of thiophene rings is 1. The van der Waals surface area contributed by atoms with Gasteiger partial charge in [-0.3, -0.25) is 9.36 Å². The Morgan fingerprint density at radius 2 is 2.03 bits per heavy atom. The molecular formula is C19H25N5O3S2. The van der Waals surface area contributed by atoms with Crippen molar-refractivity contribution >= 4 is 46.6 Å². The molecule has 0 unspecified atom stereocenters. The van der Waals surface area contributed by atoms with Gasteiger partial charge in [0.05, 0.1) is 18.6 Å². The molecule has 156 valence electrons. The number of anilines is 2. The molecule has 2 aliphatic rings. The fraction of sp³-hybridized carbons (Fsp3) is 0.579. The molecule has 2 fully saturated rings. The molecule has 2 aromatic heterocycles. The van der Waals surface area contributed by atoms with Crippen LogP contribution >= 0.6 is 23.1 Å². The lowest BCUT2D eigenvalue weighted by Gasteiger charge is -2.31. The smallest absolute Gasteiger partial charge is 0.350 e. The minimum Gasteiger partial charge on any atom is -0.465 e. The van der Waals surface area contributed by atoms with Crippen molar-refractivity contribution in [2.24, 2.45) is 5.92 Å². The molecule has 1 aliphatic carbocycles. The molecule has 1 saturated heterocycles. The van der Waals surface area contributed by atoms with Crippen LogP contribution in [0.15, 0.2) is 16.6 Å². The second kappa shape index (κ2) is 8.74. The van der Waals surface area contributed by atoms with Crippen molar-refractivity contribution in [1.82, 2.24) is 14.8 Å². The van der Waals surface area contributed by atoms with Crippen LogP contribution in [0, 0.1) is 5.92 Å². The van der Waals surface area contributed by atoms with E-state index >= 15 is 0 Å². The van der Waals surface area contributed by atoms with Crippen molar-refractivity contribution in [3.05, 3.63) is 16.3 Å². The van der Waals surface area contributed by atoms with Crippen molar-refractivity contribution in [1.29, 1.82) is 0 Å². The molecule has 0 aromatic carbocycles. The summed E-state index contributed by atoms with van der Waals surface area (Å²) in [4.78, 5) is 26.9. The molecule has 2 aromatic rings. The van der Waals surface area contributed by atoms with Crippen molar-refractivity contribution in [2.45, 2.75) is 43.8 Å². The third kappa shape index (κ3) is 4.58. The zero-order valence-corrected chi connectivity index (χ0v) is 18.2. The highest BCUT2D eigenvalue weighted by Crippen LogP contribution is 2.41. The second-order valence-corrected chi connectivity index (χ2v) is 9.40. The van der Waals surface area contributed by atoms with Crippen LogP contribution in [-0.2, 0) is 9.53 Å². The first-order valence-corrected chi connectivity index (χ1v) is 11.7. The third-order valence-electron chi connectivity index (χ3n) is 5.27. The van der Waals surface area contributed by atoms with Crippen molar-refractivity contribution in [3.8, 4) is 0 Å². The maximum atomic E-state index is 12.4. The van der Waals surface area contributed by atoms with Crippen molar-refractivity contribution < 1.29 is 14.3 Å². The zero-order valence-electron chi connectivity index (χ0n) is 16.6. The molecule has 8 nitrogen and oxygen atoms in total. The maximum absolute atomic E-state index is 12.4. The van der Waals surface area contributed by atoms with E-state index in [-0.39, 0.29) is 11.7 Å². The molecule has 1 amide bonds. The van der Waals surface area contributed by atoms with E-state index in [4.69, 9.17) is 4.74 Å². The number of nitrogens with one attached hydrogen (secondary N) is 1. The van der Waals surface area contributed by atoms with Gasteiger partial charge in [0.2, 0.25) is 11.9 Å². The van der Waals surface area contributed by atoms with E-state index in [0.29, 0.717) is 16.6 Å². The number of ether oxygens (including phenoxy) is 1. The number of hydrogen-bond acceptors (Lipinski definition) is 8. The third-order valence-corrected chi connectivity index (χ3v) is 7.11. The van der Waals surface area contributed by atoms with E-state index in [2.05, 4.69) is 31.9 Å². The summed E-state index contributed by atoms with van der Waals surface area (Å²) < 4.78 is 6.96. The molecule has 29 heavy (non-hydrogen) atoms. The van der Waals surface area contributed by atoms with Gasteiger partial charge in [0.25, 0.3) is 0 Å². The van der Waals surface area contributed by atoms with E-state index in [0.717, 1.165) is 43.0 Å². The fourth-order valence-corrected chi connectivity index (χ4v) is 4.99. The number of amides is 1. The molecule has 3 heterocycles. The van der Waals surface area contributed by atoms with E-state index in [1.807, 2.05) is 0 Å². The van der Waals surface area contributed by atoms with Crippen LogP contribution in [0.25, 0.3) is 0 Å². The van der Waals surface area contributed by atoms with Crippen LogP contribution in [0.4, 0.5) is 11.6 Å². The first-order valence-electron chi connectivity index (χ1n) is 9.85. The van der Waals surface area contributed by atoms with Crippen molar-refractivity contribution in [3.63, 3.8) is 0 Å². The summed E-state index contributed by atoms with van der Waals surface area (Å²) in [7, 11) is 1.33. The first-order chi connectivity index (χ1) is 14.1. The second-order valence-electron chi connectivity index (χ2n) is 7.55. The predicted molar refractivity (Wildman–Crippen MR) is 114 cm³/mol. The first kappa shape index (κ1) is 20.2. The highest BCUT2D eigenvalue weighted by Gasteiger charge is 2.32. The topological polar surface area (TPSA) is 89.3 Å². The summed E-state index contributed by atoms with van der Waals surface area (Å²) in [6, 6.07) is 2.15. The predicted octanol–water partition coefficient (Wildman–Crippen LogP) is 3.43. The molecule has 10 heteroatoms. The summed E-state index contributed by atoms with van der Waals surface area (Å²) in [6.07, 6.45) is 4.61. The van der Waals surface area contributed by atoms with E-state index in [1.54, 1.807) is 11.4 Å². The molecule has 0 bridgehead atoms. The van der Waals surface area contributed by atoms with Gasteiger partial charge in [-0.25, -0.2) is 4.79 Å². The molecular weight excluding hydrogens is 410 g/mol. The van der Waals surface area contributed by atoms with Crippen molar-refractivity contribution in [2.75, 3.05) is 36.2 Å². The van der Waals surface area contributed by atoms with Gasteiger partial charge >= 0.3 is 5.97 Å². The molecule has 1 aliphatic heterocycles. The Hall–Kier alpha value is -2.07. The average Bonchev–Trinajstić information content (AvgIpc) is 3.31. The van der Waals surface area contributed by atoms with Crippen LogP contribution in [0.3, 0.4) is 0 Å². The largest absolute Gasteiger partial charge is 0.465 e. The van der Waals surface area contributed by atoms with Gasteiger partial charge in [-0.2, -0.15) is 0 Å². The monoisotopic (exact) mass is 435 g/mol. The number of thioether (sulfide) groups is 1. The summed E-state index contributed by atoms with van der Waals surface area (Å²) in [5, 5.41) is 14.2. The number of rotatable bonds is 7. The summed E-state index contributed by atoms with van der Waals surface area (Å²) in [5.41, 5.74) is 0.485. The highest BCUT2D eigenvalue weighted by atomic mass is 32.2. The molecule has 0 spiro atoms. The minimum atomic E-state index is -0.447. The Bertz CT molecular complexity index is 884. The highest BCUT2D eigenvalue weighted by molar-refractivity contribution is 7.99. The van der Waals surface area contributed by atoms with Crippen LogP contribution in [0.1, 0.15) is 48.3 Å². The Kier molecular flexibility index (Phi) is 6.09. The Morgan fingerprint density at radius 1 is 1.28 bits per heavy atom.